The fourth-order valence-electron chi connectivity index (χ4n) is 1.82. The van der Waals surface area contributed by atoms with Gasteiger partial charge in [0.1, 0.15) is 0 Å². The van der Waals surface area contributed by atoms with E-state index in [0.29, 0.717) is 10.0 Å². The quantitative estimate of drug-likeness (QED) is 0.854. The topological polar surface area (TPSA) is 25.2 Å². The highest BCUT2D eigenvalue weighted by Gasteiger charge is 2.15. The van der Waals surface area contributed by atoms with Crippen molar-refractivity contribution in [1.29, 1.82) is 0 Å². The maximum absolute atomic E-state index is 6.02. The van der Waals surface area contributed by atoms with Crippen LogP contribution in [0.2, 0.25) is 10.0 Å². The van der Waals surface area contributed by atoms with Crippen LogP contribution in [0.25, 0.3) is 0 Å². The highest BCUT2D eigenvalue weighted by Crippen LogP contribution is 2.29. The van der Waals surface area contributed by atoms with Crippen LogP contribution in [0.3, 0.4) is 0 Å². The van der Waals surface area contributed by atoms with Gasteiger partial charge >= 0.3 is 0 Å². The molecule has 0 saturated heterocycles. The third-order valence-electron chi connectivity index (χ3n) is 2.79. The van der Waals surface area contributed by atoms with Crippen LogP contribution < -0.4 is 5.32 Å². The largest absolute Gasteiger partial charge is 0.457 e. The van der Waals surface area contributed by atoms with Gasteiger partial charge in [0, 0.05) is 11.6 Å². The number of furan rings is 1. The Balaban J connectivity index is 2.20. The molecule has 2 rings (SSSR count). The van der Waals surface area contributed by atoms with Crippen LogP contribution in [0.4, 0.5) is 0 Å². The summed E-state index contributed by atoms with van der Waals surface area (Å²) in [7, 11) is 1.92. The lowest BCUT2D eigenvalue weighted by atomic mass is 10.0. The number of nitrogens with one attached hydrogen (secondary N) is 1. The van der Waals surface area contributed by atoms with Gasteiger partial charge in [-0.1, -0.05) is 29.3 Å². The minimum Gasteiger partial charge on any atom is -0.457 e. The zero-order chi connectivity index (χ0) is 13.1. The van der Waals surface area contributed by atoms with E-state index >= 15 is 0 Å². The van der Waals surface area contributed by atoms with Gasteiger partial charge in [0.15, 0.2) is 4.67 Å². The van der Waals surface area contributed by atoms with Gasteiger partial charge in [-0.25, -0.2) is 0 Å². The monoisotopic (exact) mass is 347 g/mol. The first-order valence-corrected chi connectivity index (χ1v) is 7.00. The molecule has 1 heterocycles. The molecule has 0 saturated carbocycles. The number of benzene rings is 1. The number of rotatable bonds is 4. The Labute approximate surface area is 124 Å². The van der Waals surface area contributed by atoms with Gasteiger partial charge in [-0.05, 0) is 53.2 Å². The molecule has 0 aliphatic rings. The third kappa shape index (κ3) is 3.09. The van der Waals surface area contributed by atoms with Gasteiger partial charge in [0.2, 0.25) is 0 Å². The summed E-state index contributed by atoms with van der Waals surface area (Å²) in [6.07, 6.45) is 2.48. The van der Waals surface area contributed by atoms with E-state index in [1.54, 1.807) is 6.26 Å². The van der Waals surface area contributed by atoms with E-state index in [4.69, 9.17) is 27.6 Å². The molecule has 18 heavy (non-hydrogen) atoms. The van der Waals surface area contributed by atoms with Crippen LogP contribution in [0.5, 0.6) is 0 Å². The van der Waals surface area contributed by atoms with Crippen LogP contribution in [0.15, 0.2) is 39.6 Å². The first-order valence-electron chi connectivity index (χ1n) is 5.46. The summed E-state index contributed by atoms with van der Waals surface area (Å²) < 4.78 is 6.01. The predicted molar refractivity (Wildman–Crippen MR) is 78.4 cm³/mol. The summed E-state index contributed by atoms with van der Waals surface area (Å²) in [5, 5.41) is 4.42. The number of hydrogen-bond donors (Lipinski definition) is 1. The second-order valence-corrected chi connectivity index (χ2v) is 5.48. The highest BCUT2D eigenvalue weighted by atomic mass is 79.9. The predicted octanol–water partition coefficient (Wildman–Crippen LogP) is 4.85. The minimum atomic E-state index is 0.162. The van der Waals surface area contributed by atoms with Crippen LogP contribution in [0, 0.1) is 0 Å². The molecule has 0 aliphatic heterocycles. The second kappa shape index (κ2) is 6.11. The van der Waals surface area contributed by atoms with E-state index in [0.717, 1.165) is 22.2 Å². The van der Waals surface area contributed by atoms with E-state index in [1.165, 1.54) is 0 Å². The van der Waals surface area contributed by atoms with Gasteiger partial charge in [-0.2, -0.15) is 0 Å². The average molecular weight is 349 g/mol. The van der Waals surface area contributed by atoms with Gasteiger partial charge in [0.25, 0.3) is 0 Å². The van der Waals surface area contributed by atoms with Crippen molar-refractivity contribution >= 4 is 39.1 Å². The molecule has 2 aromatic rings. The lowest BCUT2D eigenvalue weighted by molar-refractivity contribution is 0.518. The Hall–Kier alpha value is -0.480. The number of hydrogen-bond acceptors (Lipinski definition) is 2. The van der Waals surface area contributed by atoms with Crippen molar-refractivity contribution in [2.45, 2.75) is 12.5 Å². The molecule has 2 nitrogen and oxygen atoms in total. The van der Waals surface area contributed by atoms with Crippen LogP contribution in [-0.4, -0.2) is 7.05 Å². The van der Waals surface area contributed by atoms with Gasteiger partial charge in [-0.15, -0.1) is 0 Å². The van der Waals surface area contributed by atoms with Gasteiger partial charge in [-0.3, -0.25) is 0 Å². The summed E-state index contributed by atoms with van der Waals surface area (Å²) >= 11 is 15.3. The van der Waals surface area contributed by atoms with Gasteiger partial charge in [0.05, 0.1) is 16.3 Å². The first kappa shape index (κ1) is 13.9. The molecule has 0 bridgehead atoms. The Morgan fingerprint density at radius 1 is 1.28 bits per heavy atom. The summed E-state index contributed by atoms with van der Waals surface area (Å²) in [6, 6.07) is 7.80. The van der Waals surface area contributed by atoms with Crippen molar-refractivity contribution in [3.8, 4) is 0 Å². The zero-order valence-corrected chi connectivity index (χ0v) is 12.8. The van der Waals surface area contributed by atoms with E-state index < -0.39 is 0 Å². The normalized spacial score (nSPS) is 12.7. The molecule has 1 aromatic carbocycles. The molecule has 0 aliphatic carbocycles. The van der Waals surface area contributed by atoms with Crippen molar-refractivity contribution in [3.05, 3.63) is 56.4 Å². The van der Waals surface area contributed by atoms with Crippen molar-refractivity contribution in [2.75, 3.05) is 7.05 Å². The third-order valence-corrected chi connectivity index (χ3v) is 4.18. The Kier molecular flexibility index (Phi) is 4.73. The summed E-state index contributed by atoms with van der Waals surface area (Å²) in [5.74, 6) is 0. The van der Waals surface area contributed by atoms with Crippen LogP contribution >= 0.6 is 39.1 Å². The molecule has 1 atom stereocenters. The maximum atomic E-state index is 6.02. The molecule has 0 fully saturated rings. The Morgan fingerprint density at radius 3 is 2.61 bits per heavy atom. The highest BCUT2D eigenvalue weighted by molar-refractivity contribution is 9.10. The standard InChI is InChI=1S/C13H12BrCl2NO/c1-17-12(9-4-5-18-13(9)14)7-8-2-3-10(15)11(16)6-8/h2-6,12,17H,7H2,1H3. The fourth-order valence-corrected chi connectivity index (χ4v) is 2.66. The molecule has 1 unspecified atom stereocenters. The minimum absolute atomic E-state index is 0.162. The van der Waals surface area contributed by atoms with Crippen molar-refractivity contribution in [2.24, 2.45) is 0 Å². The fraction of sp³-hybridized carbons (Fsp3) is 0.231. The maximum Gasteiger partial charge on any atom is 0.173 e. The Morgan fingerprint density at radius 2 is 2.06 bits per heavy atom. The molecular weight excluding hydrogens is 337 g/mol. The van der Waals surface area contributed by atoms with Crippen molar-refractivity contribution in [3.63, 3.8) is 0 Å². The van der Waals surface area contributed by atoms with Crippen molar-refractivity contribution in [1.82, 2.24) is 5.32 Å². The molecule has 0 spiro atoms. The number of likely N-dealkylation sites (N-methyl/N-ethyl adjacent to an activating group) is 1. The summed E-state index contributed by atoms with van der Waals surface area (Å²) in [5.41, 5.74) is 2.21. The molecular formula is C13H12BrCl2NO. The zero-order valence-electron chi connectivity index (χ0n) is 9.71. The molecule has 5 heteroatoms. The van der Waals surface area contributed by atoms with Crippen LogP contribution in [-0.2, 0) is 6.42 Å². The van der Waals surface area contributed by atoms with Crippen LogP contribution in [0.1, 0.15) is 17.2 Å². The summed E-state index contributed by atoms with van der Waals surface area (Å²) in [6.45, 7) is 0. The smallest absolute Gasteiger partial charge is 0.173 e. The van der Waals surface area contributed by atoms with E-state index in [9.17, 15) is 0 Å². The lowest BCUT2D eigenvalue weighted by Gasteiger charge is -2.15. The lowest BCUT2D eigenvalue weighted by Crippen LogP contribution is -2.18. The molecule has 0 radical (unpaired) electrons. The second-order valence-electron chi connectivity index (χ2n) is 3.94. The molecule has 1 N–H and O–H groups in total. The van der Waals surface area contributed by atoms with Gasteiger partial charge < -0.3 is 9.73 Å². The molecule has 0 amide bonds. The van der Waals surface area contributed by atoms with E-state index in [1.807, 2.05) is 31.3 Å². The van der Waals surface area contributed by atoms with E-state index in [2.05, 4.69) is 21.2 Å². The van der Waals surface area contributed by atoms with Crippen molar-refractivity contribution < 1.29 is 4.42 Å². The SMILES string of the molecule is CNC(Cc1ccc(Cl)c(Cl)c1)c1ccoc1Br. The number of halogens is 3. The first-order chi connectivity index (χ1) is 8.61. The molecule has 1 aromatic heterocycles. The van der Waals surface area contributed by atoms with E-state index in [-0.39, 0.29) is 6.04 Å². The average Bonchev–Trinajstić information content (AvgIpc) is 2.77. The molecule has 96 valence electrons. The summed E-state index contributed by atoms with van der Waals surface area (Å²) in [4.78, 5) is 0. The Bertz CT molecular complexity index is 542.